The van der Waals surface area contributed by atoms with Gasteiger partial charge >= 0.3 is 0 Å². The molecule has 1 aliphatic heterocycles. The van der Waals surface area contributed by atoms with Crippen LogP contribution < -0.4 is 27.0 Å². The number of nitrogen functional groups attached to an aromatic ring is 1. The van der Waals surface area contributed by atoms with E-state index < -0.39 is 17.8 Å². The number of halogens is 1. The van der Waals surface area contributed by atoms with Gasteiger partial charge in [-0.2, -0.15) is 4.98 Å². The zero-order valence-electron chi connectivity index (χ0n) is 21.8. The van der Waals surface area contributed by atoms with Crippen LogP contribution in [0.5, 0.6) is 0 Å². The standard InChI is InChI=1S/C28H32FN9O2/c29-19-7-4-8-20(25(19)38-11-9-17(14-30)10-12-38)35-27(40)26-32-15-22(34-26)21-13-24(37-28(31)36-21)33-23(16-39)18-5-2-1-3-6-18/h1-8,13,15,17,23,39H,9-12,14,16,30H2,(H,32,34)(H,35,40)(H3,31,33,36,37). The number of hydrogen-bond acceptors (Lipinski definition) is 9. The fourth-order valence-electron chi connectivity index (χ4n) is 4.85. The van der Waals surface area contributed by atoms with Crippen molar-refractivity contribution in [2.75, 3.05) is 47.5 Å². The summed E-state index contributed by atoms with van der Waals surface area (Å²) in [6.07, 6.45) is 3.19. The topological polar surface area (TPSA) is 171 Å². The van der Waals surface area contributed by atoms with E-state index in [0.717, 1.165) is 18.4 Å². The second kappa shape index (κ2) is 12.1. The van der Waals surface area contributed by atoms with Gasteiger partial charge in [-0.15, -0.1) is 0 Å². The minimum absolute atomic E-state index is 0.00756. The number of benzene rings is 2. The van der Waals surface area contributed by atoms with Crippen LogP contribution in [0.15, 0.2) is 60.8 Å². The Hall–Kier alpha value is -4.55. The van der Waals surface area contributed by atoms with E-state index in [1.54, 1.807) is 18.2 Å². The van der Waals surface area contributed by atoms with Crippen molar-refractivity contribution in [1.82, 2.24) is 19.9 Å². The molecule has 4 aromatic rings. The first-order chi connectivity index (χ1) is 19.4. The van der Waals surface area contributed by atoms with Crippen LogP contribution in [0.4, 0.5) is 27.5 Å². The lowest BCUT2D eigenvalue weighted by Crippen LogP contribution is -2.37. The van der Waals surface area contributed by atoms with Crippen molar-refractivity contribution in [1.29, 1.82) is 0 Å². The Bertz CT molecular complexity index is 1460. The fourth-order valence-corrected chi connectivity index (χ4v) is 4.85. The second-order valence-electron chi connectivity index (χ2n) is 9.69. The number of aromatic amines is 1. The SMILES string of the molecule is NCC1CCN(c2c(F)cccc2NC(=O)c2ncc(-c3cc(NC(CO)c4ccccc4)nc(N)n3)[nH]2)CC1. The molecular formula is C28H32FN9O2. The predicted octanol–water partition coefficient (Wildman–Crippen LogP) is 3.16. The van der Waals surface area contributed by atoms with Gasteiger partial charge in [0, 0.05) is 19.2 Å². The lowest BCUT2D eigenvalue weighted by atomic mass is 9.96. The third-order valence-corrected chi connectivity index (χ3v) is 7.02. The Morgan fingerprint density at radius 1 is 1.15 bits per heavy atom. The van der Waals surface area contributed by atoms with Gasteiger partial charge in [0.2, 0.25) is 5.95 Å². The first-order valence-electron chi connectivity index (χ1n) is 13.1. The van der Waals surface area contributed by atoms with Crippen LogP contribution in [0.25, 0.3) is 11.4 Å². The van der Waals surface area contributed by atoms with E-state index in [1.807, 2.05) is 35.2 Å². The number of nitrogens with one attached hydrogen (secondary N) is 3. The molecule has 0 bridgehead atoms. The highest BCUT2D eigenvalue weighted by Gasteiger charge is 2.24. The van der Waals surface area contributed by atoms with Gasteiger partial charge in [0.15, 0.2) is 5.82 Å². The van der Waals surface area contributed by atoms with Gasteiger partial charge < -0.3 is 37.1 Å². The summed E-state index contributed by atoms with van der Waals surface area (Å²) >= 11 is 0. The summed E-state index contributed by atoms with van der Waals surface area (Å²) in [7, 11) is 0. The third kappa shape index (κ3) is 6.03. The van der Waals surface area contributed by atoms with Crippen LogP contribution in [-0.4, -0.2) is 57.2 Å². The summed E-state index contributed by atoms with van der Waals surface area (Å²) in [5.41, 5.74) is 14.2. The van der Waals surface area contributed by atoms with Gasteiger partial charge in [-0.05, 0) is 43.0 Å². The highest BCUT2D eigenvalue weighted by molar-refractivity contribution is 6.04. The number of para-hydroxylation sites is 1. The first-order valence-corrected chi connectivity index (χ1v) is 13.1. The van der Waals surface area contributed by atoms with Gasteiger partial charge in [-0.25, -0.2) is 14.4 Å². The van der Waals surface area contributed by atoms with E-state index >= 15 is 0 Å². The summed E-state index contributed by atoms with van der Waals surface area (Å²) in [4.78, 5) is 30.7. The molecule has 0 spiro atoms. The number of anilines is 4. The van der Waals surface area contributed by atoms with Crippen molar-refractivity contribution in [3.63, 3.8) is 0 Å². The molecule has 1 amide bonds. The van der Waals surface area contributed by atoms with Gasteiger partial charge in [0.05, 0.1) is 41.6 Å². The van der Waals surface area contributed by atoms with Crippen LogP contribution in [0.1, 0.15) is 35.1 Å². The lowest BCUT2D eigenvalue weighted by Gasteiger charge is -2.34. The van der Waals surface area contributed by atoms with Gasteiger partial charge in [0.25, 0.3) is 5.91 Å². The van der Waals surface area contributed by atoms with Crippen LogP contribution in [-0.2, 0) is 0 Å². The predicted molar refractivity (Wildman–Crippen MR) is 152 cm³/mol. The third-order valence-electron chi connectivity index (χ3n) is 7.02. The molecular weight excluding hydrogens is 513 g/mol. The van der Waals surface area contributed by atoms with Crippen LogP contribution in [0.3, 0.4) is 0 Å². The quantitative estimate of drug-likeness (QED) is 0.185. The minimum atomic E-state index is -0.528. The van der Waals surface area contributed by atoms with E-state index in [-0.39, 0.29) is 18.4 Å². The molecule has 1 unspecified atom stereocenters. The molecule has 8 N–H and O–H groups in total. The molecule has 0 radical (unpaired) electrons. The summed E-state index contributed by atoms with van der Waals surface area (Å²) in [5, 5.41) is 15.9. The number of nitrogens with zero attached hydrogens (tertiary/aromatic N) is 4. The van der Waals surface area contributed by atoms with Gasteiger partial charge in [-0.1, -0.05) is 36.4 Å². The molecule has 11 nitrogen and oxygen atoms in total. The van der Waals surface area contributed by atoms with E-state index in [0.29, 0.717) is 54.1 Å². The number of nitrogens with two attached hydrogens (primary N) is 2. The number of imidazole rings is 1. The van der Waals surface area contributed by atoms with Crippen molar-refractivity contribution >= 4 is 29.0 Å². The maximum atomic E-state index is 14.9. The maximum absolute atomic E-state index is 14.9. The van der Waals surface area contributed by atoms with Crippen molar-refractivity contribution in [3.05, 3.63) is 78.0 Å². The van der Waals surface area contributed by atoms with Crippen molar-refractivity contribution in [2.45, 2.75) is 18.9 Å². The van der Waals surface area contributed by atoms with E-state index in [9.17, 15) is 14.3 Å². The van der Waals surface area contributed by atoms with Crippen molar-refractivity contribution < 1.29 is 14.3 Å². The Labute approximate surface area is 230 Å². The number of H-pyrrole nitrogens is 1. The Morgan fingerprint density at radius 3 is 2.65 bits per heavy atom. The number of carbonyl (C=O) groups excluding carboxylic acids is 1. The average molecular weight is 546 g/mol. The van der Waals surface area contributed by atoms with E-state index in [2.05, 4.69) is 30.6 Å². The van der Waals surface area contributed by atoms with Crippen LogP contribution >= 0.6 is 0 Å². The molecule has 1 atom stereocenters. The number of rotatable bonds is 9. The number of carbonyl (C=O) groups is 1. The minimum Gasteiger partial charge on any atom is -0.394 e. The summed E-state index contributed by atoms with van der Waals surface area (Å²) in [5.74, 6) is -0.0858. The molecule has 0 aliphatic carbocycles. The monoisotopic (exact) mass is 545 g/mol. The second-order valence-corrected chi connectivity index (χ2v) is 9.69. The molecule has 1 aliphatic rings. The number of hydrogen-bond donors (Lipinski definition) is 6. The fraction of sp³-hybridized carbons (Fsp3) is 0.286. The molecule has 40 heavy (non-hydrogen) atoms. The summed E-state index contributed by atoms with van der Waals surface area (Å²) in [6.45, 7) is 1.76. The molecule has 208 valence electrons. The van der Waals surface area contributed by atoms with E-state index in [1.165, 1.54) is 12.3 Å². The summed E-state index contributed by atoms with van der Waals surface area (Å²) in [6, 6.07) is 15.3. The van der Waals surface area contributed by atoms with Crippen LogP contribution in [0.2, 0.25) is 0 Å². The number of piperidine rings is 1. The molecule has 0 saturated carbocycles. The number of aliphatic hydroxyl groups is 1. The molecule has 1 saturated heterocycles. The molecule has 3 heterocycles. The van der Waals surface area contributed by atoms with E-state index in [4.69, 9.17) is 11.5 Å². The molecule has 1 fully saturated rings. The number of amides is 1. The highest BCUT2D eigenvalue weighted by Crippen LogP contribution is 2.33. The van der Waals surface area contributed by atoms with Gasteiger partial charge in [-0.3, -0.25) is 4.79 Å². The smallest absolute Gasteiger partial charge is 0.291 e. The lowest BCUT2D eigenvalue weighted by molar-refractivity contribution is 0.101. The number of aromatic nitrogens is 4. The molecule has 2 aromatic carbocycles. The molecule has 5 rings (SSSR count). The van der Waals surface area contributed by atoms with Crippen LogP contribution in [0, 0.1) is 11.7 Å². The Kier molecular flexibility index (Phi) is 8.18. The summed E-state index contributed by atoms with van der Waals surface area (Å²) < 4.78 is 14.9. The molecule has 12 heteroatoms. The number of aliphatic hydroxyl groups excluding tert-OH is 1. The maximum Gasteiger partial charge on any atom is 0.291 e. The van der Waals surface area contributed by atoms with Crippen molar-refractivity contribution in [2.24, 2.45) is 11.7 Å². The largest absolute Gasteiger partial charge is 0.394 e. The highest BCUT2D eigenvalue weighted by atomic mass is 19.1. The normalized spacial score (nSPS) is 14.6. The van der Waals surface area contributed by atoms with Crippen molar-refractivity contribution in [3.8, 4) is 11.4 Å². The zero-order valence-corrected chi connectivity index (χ0v) is 21.8. The molecule has 2 aromatic heterocycles. The Balaban J connectivity index is 1.33. The zero-order chi connectivity index (χ0) is 28.1. The Morgan fingerprint density at radius 2 is 1.93 bits per heavy atom. The average Bonchev–Trinajstić information content (AvgIpc) is 3.47. The van der Waals surface area contributed by atoms with Gasteiger partial charge in [0.1, 0.15) is 11.6 Å². The first kappa shape index (κ1) is 27.0.